The minimum Gasteiger partial charge on any atom is -0.361 e. The Bertz CT molecular complexity index is 1050. The summed E-state index contributed by atoms with van der Waals surface area (Å²) in [7, 11) is 0. The summed E-state index contributed by atoms with van der Waals surface area (Å²) in [5.41, 5.74) is 3.27. The predicted molar refractivity (Wildman–Crippen MR) is 123 cm³/mol. The number of carbonyl (C=O) groups excluding carboxylic acids is 2. The van der Waals surface area contributed by atoms with Crippen molar-refractivity contribution in [3.63, 3.8) is 0 Å². The standard InChI is InChI=1S/C24H27ClN4O2/c1-17(30)27-23(14-19-15-26-22-5-3-2-4-21(19)22)24(31)29-12-10-28(11-13-29)16-18-6-8-20(25)9-7-18/h2-9,15,23,26H,10-14,16H2,1H3,(H,27,30)/t23-/m0/s1. The van der Waals surface area contributed by atoms with E-state index in [4.69, 9.17) is 11.6 Å². The van der Waals surface area contributed by atoms with E-state index in [0.717, 1.165) is 41.1 Å². The lowest BCUT2D eigenvalue weighted by Crippen LogP contribution is -2.55. The maximum absolute atomic E-state index is 13.3. The fourth-order valence-corrected chi connectivity index (χ4v) is 4.29. The number of H-pyrrole nitrogens is 1. The molecular weight excluding hydrogens is 412 g/mol. The normalized spacial score (nSPS) is 15.7. The Labute approximate surface area is 187 Å². The molecule has 2 heterocycles. The second-order valence-corrected chi connectivity index (χ2v) is 8.48. The number of hydrogen-bond acceptors (Lipinski definition) is 3. The molecule has 0 bridgehead atoms. The Hall–Kier alpha value is -2.83. The molecule has 0 spiro atoms. The maximum Gasteiger partial charge on any atom is 0.245 e. The molecule has 1 fully saturated rings. The zero-order valence-corrected chi connectivity index (χ0v) is 18.4. The van der Waals surface area contributed by atoms with Gasteiger partial charge in [0.15, 0.2) is 0 Å². The van der Waals surface area contributed by atoms with Crippen LogP contribution in [0.5, 0.6) is 0 Å². The molecule has 1 aliphatic heterocycles. The van der Waals surface area contributed by atoms with Gasteiger partial charge in [0.25, 0.3) is 0 Å². The Morgan fingerprint density at radius 3 is 2.48 bits per heavy atom. The van der Waals surface area contributed by atoms with E-state index in [1.165, 1.54) is 12.5 Å². The zero-order valence-electron chi connectivity index (χ0n) is 17.6. The minimum absolute atomic E-state index is 0.0216. The van der Waals surface area contributed by atoms with Crippen molar-refractivity contribution in [3.8, 4) is 0 Å². The number of para-hydroxylation sites is 1. The van der Waals surface area contributed by atoms with Gasteiger partial charge < -0.3 is 15.2 Å². The summed E-state index contributed by atoms with van der Waals surface area (Å²) in [4.78, 5) is 32.5. The van der Waals surface area contributed by atoms with Gasteiger partial charge in [-0.25, -0.2) is 0 Å². The van der Waals surface area contributed by atoms with Crippen LogP contribution in [0.2, 0.25) is 5.02 Å². The first-order chi connectivity index (χ1) is 15.0. The molecule has 4 rings (SSSR count). The fourth-order valence-electron chi connectivity index (χ4n) is 4.16. The van der Waals surface area contributed by atoms with E-state index in [1.807, 2.05) is 59.6 Å². The van der Waals surface area contributed by atoms with E-state index >= 15 is 0 Å². The van der Waals surface area contributed by atoms with Gasteiger partial charge in [0, 0.05) is 68.2 Å². The molecule has 1 aromatic heterocycles. The monoisotopic (exact) mass is 438 g/mol. The van der Waals surface area contributed by atoms with Crippen LogP contribution in [0.15, 0.2) is 54.7 Å². The van der Waals surface area contributed by atoms with Crippen molar-refractivity contribution in [1.29, 1.82) is 0 Å². The van der Waals surface area contributed by atoms with Gasteiger partial charge in [-0.3, -0.25) is 14.5 Å². The van der Waals surface area contributed by atoms with Crippen LogP contribution in [-0.2, 0) is 22.6 Å². The highest BCUT2D eigenvalue weighted by Gasteiger charge is 2.29. The quantitative estimate of drug-likeness (QED) is 0.621. The highest BCUT2D eigenvalue weighted by molar-refractivity contribution is 6.30. The van der Waals surface area contributed by atoms with Crippen LogP contribution in [0.4, 0.5) is 0 Å². The number of amides is 2. The Morgan fingerprint density at radius 1 is 1.06 bits per heavy atom. The molecule has 0 unspecified atom stereocenters. The summed E-state index contributed by atoms with van der Waals surface area (Å²) < 4.78 is 0. The average Bonchev–Trinajstić information content (AvgIpc) is 3.17. The van der Waals surface area contributed by atoms with E-state index in [9.17, 15) is 9.59 Å². The minimum atomic E-state index is -0.570. The SMILES string of the molecule is CC(=O)N[C@@H](Cc1c[nH]c2ccccc12)C(=O)N1CCN(Cc2ccc(Cl)cc2)CC1. The van der Waals surface area contributed by atoms with Crippen molar-refractivity contribution in [3.05, 3.63) is 70.9 Å². The van der Waals surface area contributed by atoms with Crippen LogP contribution in [0.3, 0.4) is 0 Å². The van der Waals surface area contributed by atoms with Crippen molar-refractivity contribution < 1.29 is 9.59 Å². The molecule has 1 atom stereocenters. The van der Waals surface area contributed by atoms with Crippen LogP contribution in [0, 0.1) is 0 Å². The Kier molecular flexibility index (Phi) is 6.59. The molecule has 3 aromatic rings. The number of benzene rings is 2. The summed E-state index contributed by atoms with van der Waals surface area (Å²) in [6.07, 6.45) is 2.39. The van der Waals surface area contributed by atoms with E-state index in [1.54, 1.807) is 0 Å². The van der Waals surface area contributed by atoms with Gasteiger partial charge >= 0.3 is 0 Å². The number of hydrogen-bond donors (Lipinski definition) is 2. The summed E-state index contributed by atoms with van der Waals surface area (Å²) in [5, 5.41) is 4.68. The molecule has 6 nitrogen and oxygen atoms in total. The molecule has 2 aromatic carbocycles. The third-order valence-electron chi connectivity index (χ3n) is 5.78. The number of halogens is 1. The summed E-state index contributed by atoms with van der Waals surface area (Å²) in [6.45, 7) is 5.19. The fraction of sp³-hybridized carbons (Fsp3) is 0.333. The molecule has 7 heteroatoms. The van der Waals surface area contributed by atoms with Crippen molar-refractivity contribution in [1.82, 2.24) is 20.1 Å². The van der Waals surface area contributed by atoms with Crippen molar-refractivity contribution in [2.75, 3.05) is 26.2 Å². The van der Waals surface area contributed by atoms with Gasteiger partial charge in [-0.05, 0) is 29.3 Å². The predicted octanol–water partition coefficient (Wildman–Crippen LogP) is 3.21. The second-order valence-electron chi connectivity index (χ2n) is 8.04. The number of rotatable bonds is 6. The number of nitrogens with one attached hydrogen (secondary N) is 2. The Morgan fingerprint density at radius 2 is 1.77 bits per heavy atom. The molecule has 2 amide bonds. The molecular formula is C24H27ClN4O2. The van der Waals surface area contributed by atoms with Crippen LogP contribution in [0.1, 0.15) is 18.1 Å². The first kappa shape index (κ1) is 21.4. The molecule has 0 saturated carbocycles. The van der Waals surface area contributed by atoms with Crippen molar-refractivity contribution >= 4 is 34.3 Å². The summed E-state index contributed by atoms with van der Waals surface area (Å²) in [5.74, 6) is -0.216. The third-order valence-corrected chi connectivity index (χ3v) is 6.03. The van der Waals surface area contributed by atoms with E-state index < -0.39 is 6.04 Å². The zero-order chi connectivity index (χ0) is 21.8. The third kappa shape index (κ3) is 5.27. The first-order valence-electron chi connectivity index (χ1n) is 10.6. The Balaban J connectivity index is 1.39. The molecule has 31 heavy (non-hydrogen) atoms. The highest BCUT2D eigenvalue weighted by atomic mass is 35.5. The molecule has 0 radical (unpaired) electrons. The van der Waals surface area contributed by atoms with E-state index in [-0.39, 0.29) is 11.8 Å². The van der Waals surface area contributed by atoms with Crippen LogP contribution < -0.4 is 5.32 Å². The van der Waals surface area contributed by atoms with Gasteiger partial charge in [0.2, 0.25) is 11.8 Å². The van der Waals surface area contributed by atoms with E-state index in [2.05, 4.69) is 15.2 Å². The lowest BCUT2D eigenvalue weighted by atomic mass is 10.0. The molecule has 1 aliphatic rings. The lowest BCUT2D eigenvalue weighted by molar-refractivity contribution is -0.137. The maximum atomic E-state index is 13.3. The van der Waals surface area contributed by atoms with Gasteiger partial charge in [-0.2, -0.15) is 0 Å². The molecule has 1 saturated heterocycles. The van der Waals surface area contributed by atoms with Crippen molar-refractivity contribution in [2.24, 2.45) is 0 Å². The number of carbonyl (C=O) groups is 2. The number of piperazine rings is 1. The average molecular weight is 439 g/mol. The first-order valence-corrected chi connectivity index (χ1v) is 10.9. The van der Waals surface area contributed by atoms with E-state index in [0.29, 0.717) is 19.5 Å². The summed E-state index contributed by atoms with van der Waals surface area (Å²) >= 11 is 5.97. The van der Waals surface area contributed by atoms with Gasteiger partial charge in [0.1, 0.15) is 6.04 Å². The van der Waals surface area contributed by atoms with Crippen LogP contribution >= 0.6 is 11.6 Å². The highest BCUT2D eigenvalue weighted by Crippen LogP contribution is 2.20. The second kappa shape index (κ2) is 9.54. The van der Waals surface area contributed by atoms with Gasteiger partial charge in [0.05, 0.1) is 0 Å². The largest absolute Gasteiger partial charge is 0.361 e. The molecule has 162 valence electrons. The molecule has 0 aliphatic carbocycles. The number of fused-ring (bicyclic) bond motifs is 1. The van der Waals surface area contributed by atoms with Gasteiger partial charge in [-0.15, -0.1) is 0 Å². The topological polar surface area (TPSA) is 68.4 Å². The lowest BCUT2D eigenvalue weighted by Gasteiger charge is -2.36. The molecule has 2 N–H and O–H groups in total. The number of nitrogens with zero attached hydrogens (tertiary/aromatic N) is 2. The van der Waals surface area contributed by atoms with Gasteiger partial charge in [-0.1, -0.05) is 41.9 Å². The summed E-state index contributed by atoms with van der Waals surface area (Å²) in [6, 6.07) is 15.3. The number of aromatic amines is 1. The van der Waals surface area contributed by atoms with Crippen molar-refractivity contribution in [2.45, 2.75) is 25.9 Å². The smallest absolute Gasteiger partial charge is 0.245 e. The number of aromatic nitrogens is 1. The van der Waals surface area contributed by atoms with Crippen LogP contribution in [-0.4, -0.2) is 58.8 Å². The van der Waals surface area contributed by atoms with Crippen LogP contribution in [0.25, 0.3) is 10.9 Å².